The fourth-order valence-electron chi connectivity index (χ4n) is 3.30. The topological polar surface area (TPSA) is 108 Å². The van der Waals surface area contributed by atoms with Crippen molar-refractivity contribution in [2.45, 2.75) is 27.4 Å². The molecule has 0 bridgehead atoms. The summed E-state index contributed by atoms with van der Waals surface area (Å²) in [5, 5.41) is 11.0. The van der Waals surface area contributed by atoms with Crippen LogP contribution in [0.1, 0.15) is 44.8 Å². The highest BCUT2D eigenvalue weighted by Gasteiger charge is 2.13. The number of amides is 1. The number of aryl methyl sites for hydroxylation is 2. The molecule has 0 saturated heterocycles. The molecule has 1 N–H and O–H groups in total. The number of nitrogens with one attached hydrogen (secondary N) is 1. The monoisotopic (exact) mass is 460 g/mol. The Morgan fingerprint density at radius 2 is 1.91 bits per heavy atom. The first-order valence-corrected chi connectivity index (χ1v) is 10.7. The number of rotatable bonds is 8. The van der Waals surface area contributed by atoms with Gasteiger partial charge in [0.2, 0.25) is 0 Å². The fraction of sp³-hybridized carbons (Fsp3) is 0.200. The number of hydrogen-bond acceptors (Lipinski definition) is 7. The van der Waals surface area contributed by atoms with Crippen molar-refractivity contribution in [2.75, 3.05) is 11.9 Å². The lowest BCUT2D eigenvalue weighted by molar-refractivity contribution is 0.0519. The maximum Gasteiger partial charge on any atom is 0.358 e. The fourth-order valence-corrected chi connectivity index (χ4v) is 3.30. The first kappa shape index (κ1) is 22.8. The van der Waals surface area contributed by atoms with Crippen molar-refractivity contribution in [1.82, 2.24) is 14.9 Å². The lowest BCUT2D eigenvalue weighted by Crippen LogP contribution is -2.12. The maximum absolute atomic E-state index is 12.8. The number of anilines is 1. The first-order valence-electron chi connectivity index (χ1n) is 10.7. The molecule has 2 aromatic heterocycles. The molecule has 174 valence electrons. The standard InChI is InChI=1S/C25H24N4O5/c1-4-32-25(31)23-11-12-29(27-23)20-9-6-8-19(14-20)26-24(30)18-7-5-10-21(13-18)33-15-22-16(2)28-34-17(22)3/h5-14H,4,15H2,1-3H3,(H,26,30). The normalized spacial score (nSPS) is 10.7. The van der Waals surface area contributed by atoms with Gasteiger partial charge in [-0.25, -0.2) is 9.48 Å². The van der Waals surface area contributed by atoms with Crippen LogP contribution in [0.25, 0.3) is 5.69 Å². The molecule has 0 aliphatic rings. The van der Waals surface area contributed by atoms with Crippen LogP contribution < -0.4 is 10.1 Å². The van der Waals surface area contributed by atoms with E-state index in [0.717, 1.165) is 11.3 Å². The van der Waals surface area contributed by atoms with Gasteiger partial charge in [0.25, 0.3) is 5.91 Å². The molecule has 9 heteroatoms. The van der Waals surface area contributed by atoms with E-state index in [1.807, 2.05) is 19.9 Å². The summed E-state index contributed by atoms with van der Waals surface area (Å²) >= 11 is 0. The van der Waals surface area contributed by atoms with E-state index in [1.165, 1.54) is 0 Å². The van der Waals surface area contributed by atoms with E-state index in [4.69, 9.17) is 14.0 Å². The van der Waals surface area contributed by atoms with Crippen LogP contribution in [0, 0.1) is 13.8 Å². The second-order valence-electron chi connectivity index (χ2n) is 7.49. The zero-order chi connectivity index (χ0) is 24.1. The SMILES string of the molecule is CCOC(=O)c1ccn(-c2cccc(NC(=O)c3cccc(OCc4c(C)noc4C)c3)c2)n1. The minimum atomic E-state index is -0.484. The van der Waals surface area contributed by atoms with Crippen molar-refractivity contribution in [3.63, 3.8) is 0 Å². The molecule has 4 aromatic rings. The number of esters is 1. The van der Waals surface area contributed by atoms with Crippen molar-refractivity contribution < 1.29 is 23.6 Å². The van der Waals surface area contributed by atoms with Crippen LogP contribution in [-0.4, -0.2) is 33.4 Å². The Bertz CT molecular complexity index is 1300. The number of ether oxygens (including phenoxy) is 2. The van der Waals surface area contributed by atoms with Crippen molar-refractivity contribution >= 4 is 17.6 Å². The van der Waals surface area contributed by atoms with E-state index >= 15 is 0 Å². The molecule has 0 aliphatic carbocycles. The van der Waals surface area contributed by atoms with Crippen LogP contribution in [0.15, 0.2) is 65.3 Å². The lowest BCUT2D eigenvalue weighted by Gasteiger charge is -2.10. The van der Waals surface area contributed by atoms with Crippen molar-refractivity contribution in [2.24, 2.45) is 0 Å². The summed E-state index contributed by atoms with van der Waals surface area (Å²) < 4.78 is 17.5. The van der Waals surface area contributed by atoms with E-state index in [-0.39, 0.29) is 18.2 Å². The van der Waals surface area contributed by atoms with E-state index in [9.17, 15) is 9.59 Å². The Hall–Kier alpha value is -4.40. The highest BCUT2D eigenvalue weighted by molar-refractivity contribution is 6.04. The number of benzene rings is 2. The van der Waals surface area contributed by atoms with Gasteiger partial charge < -0.3 is 19.3 Å². The Morgan fingerprint density at radius 1 is 1.09 bits per heavy atom. The molecular formula is C25H24N4O5. The van der Waals surface area contributed by atoms with Crippen LogP contribution in [0.4, 0.5) is 5.69 Å². The third kappa shape index (κ3) is 5.15. The molecule has 34 heavy (non-hydrogen) atoms. The molecule has 0 aliphatic heterocycles. The summed E-state index contributed by atoms with van der Waals surface area (Å²) in [6.45, 7) is 6.00. The minimum absolute atomic E-state index is 0.213. The average Bonchev–Trinajstić information content (AvgIpc) is 3.45. The van der Waals surface area contributed by atoms with E-state index in [0.29, 0.717) is 35.1 Å². The van der Waals surface area contributed by atoms with Gasteiger partial charge in [-0.15, -0.1) is 0 Å². The molecule has 2 aromatic carbocycles. The molecule has 2 heterocycles. The number of carbonyl (C=O) groups is 2. The molecule has 4 rings (SSSR count). The largest absolute Gasteiger partial charge is 0.489 e. The molecule has 0 fully saturated rings. The van der Waals surface area contributed by atoms with Gasteiger partial charge in [0.15, 0.2) is 5.69 Å². The lowest BCUT2D eigenvalue weighted by atomic mass is 10.2. The Labute approximate surface area is 196 Å². The predicted octanol–water partition coefficient (Wildman–Crippen LogP) is 4.49. The third-order valence-corrected chi connectivity index (χ3v) is 5.10. The van der Waals surface area contributed by atoms with Gasteiger partial charge in [0.05, 0.1) is 23.6 Å². The van der Waals surface area contributed by atoms with Gasteiger partial charge in [-0.05, 0) is 63.2 Å². The van der Waals surface area contributed by atoms with Crippen LogP contribution >= 0.6 is 0 Å². The smallest absolute Gasteiger partial charge is 0.358 e. The summed E-state index contributed by atoms with van der Waals surface area (Å²) in [7, 11) is 0. The Kier molecular flexibility index (Phi) is 6.72. The zero-order valence-electron chi connectivity index (χ0n) is 19.1. The molecule has 1 amide bonds. The number of hydrogen-bond donors (Lipinski definition) is 1. The van der Waals surface area contributed by atoms with Gasteiger partial charge >= 0.3 is 5.97 Å². The van der Waals surface area contributed by atoms with E-state index in [2.05, 4.69) is 15.6 Å². The summed E-state index contributed by atoms with van der Waals surface area (Å²) in [6.07, 6.45) is 1.66. The highest BCUT2D eigenvalue weighted by atomic mass is 16.5. The van der Waals surface area contributed by atoms with Gasteiger partial charge in [-0.2, -0.15) is 5.10 Å². The van der Waals surface area contributed by atoms with Gasteiger partial charge in [0.1, 0.15) is 18.1 Å². The molecule has 9 nitrogen and oxygen atoms in total. The summed E-state index contributed by atoms with van der Waals surface area (Å²) in [5.41, 5.74) is 3.59. The molecule has 0 atom stereocenters. The van der Waals surface area contributed by atoms with Crippen LogP contribution in [0.2, 0.25) is 0 Å². The minimum Gasteiger partial charge on any atom is -0.489 e. The first-order chi connectivity index (χ1) is 16.4. The summed E-state index contributed by atoms with van der Waals surface area (Å²) in [4.78, 5) is 24.7. The number of carbonyl (C=O) groups excluding carboxylic acids is 2. The molecule has 0 radical (unpaired) electrons. The van der Waals surface area contributed by atoms with Crippen LogP contribution in [0.3, 0.4) is 0 Å². The molecular weight excluding hydrogens is 436 g/mol. The van der Waals surface area contributed by atoms with Crippen molar-refractivity contribution in [3.8, 4) is 11.4 Å². The average molecular weight is 460 g/mol. The molecule has 0 saturated carbocycles. The second-order valence-corrected chi connectivity index (χ2v) is 7.49. The van der Waals surface area contributed by atoms with E-state index in [1.54, 1.807) is 66.3 Å². The van der Waals surface area contributed by atoms with Gasteiger partial charge in [-0.3, -0.25) is 4.79 Å². The molecule has 0 spiro atoms. The Balaban J connectivity index is 1.44. The van der Waals surface area contributed by atoms with Crippen molar-refractivity contribution in [1.29, 1.82) is 0 Å². The highest BCUT2D eigenvalue weighted by Crippen LogP contribution is 2.20. The zero-order valence-corrected chi connectivity index (χ0v) is 19.1. The second kappa shape index (κ2) is 10.0. The van der Waals surface area contributed by atoms with Crippen LogP contribution in [-0.2, 0) is 11.3 Å². The Morgan fingerprint density at radius 3 is 2.68 bits per heavy atom. The molecule has 0 unspecified atom stereocenters. The summed E-state index contributed by atoms with van der Waals surface area (Å²) in [6, 6.07) is 15.7. The third-order valence-electron chi connectivity index (χ3n) is 5.10. The maximum atomic E-state index is 12.8. The van der Waals surface area contributed by atoms with Crippen LogP contribution in [0.5, 0.6) is 5.75 Å². The van der Waals surface area contributed by atoms with Crippen molar-refractivity contribution in [3.05, 3.63) is 89.1 Å². The summed E-state index contributed by atoms with van der Waals surface area (Å²) in [5.74, 6) is 0.497. The van der Waals surface area contributed by atoms with Gasteiger partial charge in [-0.1, -0.05) is 17.3 Å². The quantitative estimate of drug-likeness (QED) is 0.386. The number of aromatic nitrogens is 3. The van der Waals surface area contributed by atoms with E-state index < -0.39 is 5.97 Å². The predicted molar refractivity (Wildman–Crippen MR) is 124 cm³/mol. The van der Waals surface area contributed by atoms with Gasteiger partial charge in [0, 0.05) is 17.4 Å². The number of nitrogens with zero attached hydrogens (tertiary/aromatic N) is 3.